The average Bonchev–Trinajstić information content (AvgIpc) is 2.96. The van der Waals surface area contributed by atoms with Crippen LogP contribution in [0.3, 0.4) is 0 Å². The van der Waals surface area contributed by atoms with Gasteiger partial charge in [-0.15, -0.1) is 0 Å². The maximum atomic E-state index is 15.0. The van der Waals surface area contributed by atoms with Crippen molar-refractivity contribution in [1.82, 2.24) is 10.3 Å². The molecule has 45 heavy (non-hydrogen) atoms. The Morgan fingerprint density at radius 2 is 1.60 bits per heavy atom. The van der Waals surface area contributed by atoms with Gasteiger partial charge >= 0.3 is 18.7 Å². The number of nitrogens with zero attached hydrogens (tertiary/aromatic N) is 1. The molecule has 15 heteroatoms. The minimum atomic E-state index is -5.18. The summed E-state index contributed by atoms with van der Waals surface area (Å²) in [4.78, 5) is 17.8. The van der Waals surface area contributed by atoms with Gasteiger partial charge in [0.2, 0.25) is 0 Å². The maximum absolute atomic E-state index is 15.0. The van der Waals surface area contributed by atoms with E-state index < -0.39 is 58.7 Å². The number of methoxy groups -OCH3 is 1. The Morgan fingerprint density at radius 1 is 0.911 bits per heavy atom. The van der Waals surface area contributed by atoms with Gasteiger partial charge in [0.05, 0.1) is 23.4 Å². The molecule has 4 rings (SSSR count). The quantitative estimate of drug-likeness (QED) is 0.174. The molecule has 0 bridgehead atoms. The van der Waals surface area contributed by atoms with Crippen LogP contribution in [0.4, 0.5) is 39.5 Å². The summed E-state index contributed by atoms with van der Waals surface area (Å²) in [5.41, 5.74) is -4.72. The second-order valence-electron chi connectivity index (χ2n) is 9.58. The number of hydrogen-bond acceptors (Lipinski definition) is 4. The van der Waals surface area contributed by atoms with Crippen LogP contribution in [0.5, 0.6) is 11.5 Å². The molecule has 0 fully saturated rings. The van der Waals surface area contributed by atoms with Crippen molar-refractivity contribution in [1.29, 1.82) is 0 Å². The summed E-state index contributed by atoms with van der Waals surface area (Å²) in [6.45, 7) is 0. The number of alkyl halides is 7. The largest absolute Gasteiger partial charge is 0.497 e. The highest BCUT2D eigenvalue weighted by Crippen LogP contribution is 2.38. The normalized spacial score (nSPS) is 13.3. The van der Waals surface area contributed by atoms with E-state index in [4.69, 9.17) is 16.3 Å². The van der Waals surface area contributed by atoms with Gasteiger partial charge in [0.25, 0.3) is 5.91 Å². The van der Waals surface area contributed by atoms with Crippen LogP contribution >= 0.6 is 11.6 Å². The van der Waals surface area contributed by atoms with Crippen LogP contribution in [0.1, 0.15) is 32.7 Å². The van der Waals surface area contributed by atoms with Crippen molar-refractivity contribution in [3.8, 4) is 11.5 Å². The molecule has 1 aromatic heterocycles. The number of carbonyl (C=O) groups is 1. The van der Waals surface area contributed by atoms with E-state index in [9.17, 15) is 44.3 Å². The number of pyridine rings is 1. The fraction of sp³-hybridized carbons (Fsp3) is 0.200. The van der Waals surface area contributed by atoms with Crippen molar-refractivity contribution >= 4 is 17.5 Å². The molecule has 4 aromatic rings. The van der Waals surface area contributed by atoms with Gasteiger partial charge in [-0.2, -0.15) is 30.7 Å². The predicted molar refractivity (Wildman–Crippen MR) is 144 cm³/mol. The Morgan fingerprint density at radius 3 is 2.18 bits per heavy atom. The van der Waals surface area contributed by atoms with Gasteiger partial charge < -0.3 is 14.8 Å². The zero-order valence-electron chi connectivity index (χ0n) is 22.7. The van der Waals surface area contributed by atoms with Crippen LogP contribution in [0.25, 0.3) is 0 Å². The van der Waals surface area contributed by atoms with Crippen LogP contribution in [-0.2, 0) is 18.1 Å². The summed E-state index contributed by atoms with van der Waals surface area (Å²) in [5.74, 6) is -4.85. The van der Waals surface area contributed by atoms with E-state index >= 15 is 0 Å². The monoisotopic (exact) mass is 662 g/mol. The van der Waals surface area contributed by atoms with Gasteiger partial charge in [0.15, 0.2) is 0 Å². The van der Waals surface area contributed by atoms with Gasteiger partial charge in [0, 0.05) is 24.2 Å². The van der Waals surface area contributed by atoms with Crippen molar-refractivity contribution in [3.05, 3.63) is 124 Å². The summed E-state index contributed by atoms with van der Waals surface area (Å²) < 4.78 is 132. The third kappa shape index (κ3) is 7.62. The van der Waals surface area contributed by atoms with Crippen molar-refractivity contribution in [2.24, 2.45) is 0 Å². The molecule has 1 N–H and O–H groups in total. The number of benzene rings is 3. The second-order valence-corrected chi connectivity index (χ2v) is 10.0. The lowest BCUT2D eigenvalue weighted by atomic mass is 9.80. The molecule has 0 radical (unpaired) electrons. The molecule has 0 unspecified atom stereocenters. The highest BCUT2D eigenvalue weighted by atomic mass is 35.5. The average molecular weight is 663 g/mol. The molecule has 0 saturated carbocycles. The highest BCUT2D eigenvalue weighted by molar-refractivity contribution is 6.30. The zero-order valence-corrected chi connectivity index (χ0v) is 23.5. The van der Waals surface area contributed by atoms with E-state index in [1.807, 2.05) is 0 Å². The fourth-order valence-corrected chi connectivity index (χ4v) is 4.53. The third-order valence-electron chi connectivity index (χ3n) is 6.53. The molecule has 0 saturated heterocycles. The number of nitrogens with one attached hydrogen (secondary N) is 1. The van der Waals surface area contributed by atoms with Crippen LogP contribution < -0.4 is 14.8 Å². The number of carbonyl (C=O) groups excluding carboxylic acids is 1. The number of amides is 1. The van der Waals surface area contributed by atoms with Gasteiger partial charge in [-0.3, -0.25) is 9.78 Å². The van der Waals surface area contributed by atoms with Gasteiger partial charge in [-0.05, 0) is 65.7 Å². The van der Waals surface area contributed by atoms with Crippen molar-refractivity contribution < 1.29 is 53.8 Å². The lowest BCUT2D eigenvalue weighted by Gasteiger charge is -2.36. The van der Waals surface area contributed by atoms with Crippen LogP contribution in [-0.4, -0.2) is 30.5 Å². The van der Waals surface area contributed by atoms with Crippen LogP contribution in [0.15, 0.2) is 79.0 Å². The highest BCUT2D eigenvalue weighted by Gasteiger charge is 2.45. The van der Waals surface area contributed by atoms with Crippen molar-refractivity contribution in [3.63, 3.8) is 0 Å². The lowest BCUT2D eigenvalue weighted by Crippen LogP contribution is -2.49. The molecule has 1 heterocycles. The van der Waals surface area contributed by atoms with Crippen LogP contribution in [0.2, 0.25) is 5.02 Å². The van der Waals surface area contributed by atoms with Gasteiger partial charge in [-0.25, -0.2) is 8.78 Å². The summed E-state index contributed by atoms with van der Waals surface area (Å²) in [5, 5.41) is 2.58. The Bertz CT molecular complexity index is 1670. The third-order valence-corrected chi connectivity index (χ3v) is 6.75. The fourth-order valence-electron chi connectivity index (χ4n) is 4.42. The first-order chi connectivity index (χ1) is 21.0. The molecule has 0 aliphatic carbocycles. The number of hydrogen-bond donors (Lipinski definition) is 1. The molecule has 0 spiro atoms. The lowest BCUT2D eigenvalue weighted by molar-refractivity contribution is -0.253. The van der Waals surface area contributed by atoms with E-state index in [0.717, 1.165) is 24.4 Å². The summed E-state index contributed by atoms with van der Waals surface area (Å²) in [6, 6.07) is 11.9. The first-order valence-corrected chi connectivity index (χ1v) is 13.0. The molecule has 1 atom stereocenters. The minimum Gasteiger partial charge on any atom is -0.497 e. The first-order valence-electron chi connectivity index (χ1n) is 12.6. The summed E-state index contributed by atoms with van der Waals surface area (Å²) in [7, 11) is 1.39. The Labute approximate surface area is 254 Å². The zero-order chi connectivity index (χ0) is 33.2. The maximum Gasteiger partial charge on any atom is 0.461 e. The number of ether oxygens (including phenoxy) is 2. The minimum absolute atomic E-state index is 0.0941. The molecule has 5 nitrogen and oxygen atoms in total. The van der Waals surface area contributed by atoms with Crippen molar-refractivity contribution in [2.45, 2.75) is 30.7 Å². The number of aromatic nitrogens is 1. The molecule has 0 aliphatic rings. The Hall–Kier alpha value is -4.46. The van der Waals surface area contributed by atoms with E-state index in [2.05, 4.69) is 15.0 Å². The second kappa shape index (κ2) is 12.9. The van der Waals surface area contributed by atoms with E-state index in [0.29, 0.717) is 23.4 Å². The molecule has 238 valence electrons. The molecule has 0 aliphatic heterocycles. The molecular weight excluding hydrogens is 643 g/mol. The van der Waals surface area contributed by atoms with Gasteiger partial charge in [-0.1, -0.05) is 23.7 Å². The topological polar surface area (TPSA) is 60.5 Å². The van der Waals surface area contributed by atoms with Crippen molar-refractivity contribution in [2.75, 3.05) is 7.11 Å². The summed E-state index contributed by atoms with van der Waals surface area (Å²) >= 11 is 5.99. The Balaban J connectivity index is 1.96. The number of rotatable bonds is 10. The number of halogens is 10. The smallest absolute Gasteiger partial charge is 0.461 e. The Kier molecular flexibility index (Phi) is 9.57. The van der Waals surface area contributed by atoms with E-state index in [1.54, 1.807) is 0 Å². The molecule has 3 aromatic carbocycles. The van der Waals surface area contributed by atoms with Crippen LogP contribution in [0, 0.1) is 11.6 Å². The summed E-state index contributed by atoms with van der Waals surface area (Å²) in [6.07, 6.45) is -13.8. The van der Waals surface area contributed by atoms with E-state index in [-0.39, 0.29) is 28.8 Å². The first kappa shape index (κ1) is 33.4. The van der Waals surface area contributed by atoms with E-state index in [1.165, 1.54) is 43.5 Å². The molecule has 1 amide bonds. The predicted octanol–water partition coefficient (Wildman–Crippen LogP) is 8.19. The SMILES string of the molecule is COc1ccc(C[C@](NC(=O)c2ccc(F)c(C(F)(F)F)c2)(c2cc(F)cc(OC(F)(F)C(F)F)c2)c2ccc(Cl)cn2)cc1. The standard InChI is InChI=1S/C30H20ClF9N2O3/c1-44-21-6-2-16(3-7-21)14-28(25-9-5-19(31)15-41-25,18-11-20(32)13-22(12-18)45-30(39,40)27(34)35)42-26(43)17-4-8-24(33)23(10-17)29(36,37)38/h2-13,15,27H,14H2,1H3,(H,42,43)/t28-/m0/s1. The molecular formula is C30H20ClF9N2O3. The van der Waals surface area contributed by atoms with Gasteiger partial charge in [0.1, 0.15) is 28.7 Å².